The maximum Gasteiger partial charge on any atom is 0.307 e. The van der Waals surface area contributed by atoms with Gasteiger partial charge in [-0.1, -0.05) is 36.1 Å². The second-order valence-electron chi connectivity index (χ2n) is 4.90. The molecule has 0 unspecified atom stereocenters. The van der Waals surface area contributed by atoms with Gasteiger partial charge in [-0.3, -0.25) is 14.5 Å². The number of thioether (sulfide) groups is 1. The second-order valence-corrected chi connectivity index (χ2v) is 7.35. The van der Waals surface area contributed by atoms with E-state index in [1.807, 2.05) is 0 Å². The Kier molecular flexibility index (Phi) is 4.88. The fraction of sp³-hybridized carbons (Fsp3) is 0.0625. The highest BCUT2D eigenvalue weighted by atomic mass is 79.9. The summed E-state index contributed by atoms with van der Waals surface area (Å²) >= 11 is 9.70. The summed E-state index contributed by atoms with van der Waals surface area (Å²) in [6, 6.07) is 10.2. The molecule has 1 aliphatic heterocycles. The molecule has 1 aromatic heterocycles. The summed E-state index contributed by atoms with van der Waals surface area (Å²) in [5.41, 5.74) is 1.27. The maximum atomic E-state index is 12.6. The van der Waals surface area contributed by atoms with Crippen molar-refractivity contribution in [3.63, 3.8) is 0 Å². The minimum absolute atomic E-state index is 0.0635. The Labute approximate surface area is 155 Å². The van der Waals surface area contributed by atoms with Crippen molar-refractivity contribution in [1.82, 2.24) is 0 Å². The van der Waals surface area contributed by atoms with Gasteiger partial charge in [0.1, 0.15) is 5.76 Å². The van der Waals surface area contributed by atoms with Crippen LogP contribution in [0, 0.1) is 0 Å². The SMILES string of the molecule is O=C(O)Cc1ccc(N2C(=O)/C(=C\c3ccc(Br)o3)SC2=S)cc1. The largest absolute Gasteiger partial charge is 0.481 e. The lowest BCUT2D eigenvalue weighted by Gasteiger charge is -2.14. The molecule has 0 bridgehead atoms. The molecular formula is C16H10BrNO4S2. The van der Waals surface area contributed by atoms with Crippen molar-refractivity contribution in [1.29, 1.82) is 0 Å². The molecule has 1 N–H and O–H groups in total. The van der Waals surface area contributed by atoms with Crippen molar-refractivity contribution in [3.05, 3.63) is 57.3 Å². The fourth-order valence-electron chi connectivity index (χ4n) is 2.16. The lowest BCUT2D eigenvalue weighted by Crippen LogP contribution is -2.27. The van der Waals surface area contributed by atoms with Crippen LogP contribution in [0.4, 0.5) is 5.69 Å². The average molecular weight is 424 g/mol. The van der Waals surface area contributed by atoms with E-state index in [0.29, 0.717) is 30.9 Å². The van der Waals surface area contributed by atoms with E-state index < -0.39 is 5.97 Å². The number of anilines is 1. The van der Waals surface area contributed by atoms with Crippen LogP contribution in [0.25, 0.3) is 6.08 Å². The molecular weight excluding hydrogens is 414 g/mol. The monoisotopic (exact) mass is 423 g/mol. The highest BCUT2D eigenvalue weighted by Crippen LogP contribution is 2.36. The first-order chi connectivity index (χ1) is 11.4. The molecule has 1 aliphatic rings. The van der Waals surface area contributed by atoms with Gasteiger partial charge >= 0.3 is 5.97 Å². The van der Waals surface area contributed by atoms with Gasteiger partial charge in [-0.15, -0.1) is 0 Å². The van der Waals surface area contributed by atoms with Gasteiger partial charge in [-0.2, -0.15) is 0 Å². The van der Waals surface area contributed by atoms with Gasteiger partial charge in [0, 0.05) is 6.08 Å². The van der Waals surface area contributed by atoms with Gasteiger partial charge in [-0.25, -0.2) is 0 Å². The average Bonchev–Trinajstić information content (AvgIpc) is 3.04. The van der Waals surface area contributed by atoms with Crippen molar-refractivity contribution in [3.8, 4) is 0 Å². The third kappa shape index (κ3) is 3.61. The topological polar surface area (TPSA) is 70.8 Å². The number of benzene rings is 1. The van der Waals surface area contributed by atoms with Gasteiger partial charge in [0.25, 0.3) is 5.91 Å². The Balaban J connectivity index is 1.84. The lowest BCUT2D eigenvalue weighted by atomic mass is 10.1. The Bertz CT molecular complexity index is 857. The summed E-state index contributed by atoms with van der Waals surface area (Å²) in [5.74, 6) is -0.580. The first kappa shape index (κ1) is 16.9. The Morgan fingerprint density at radius 1 is 1.29 bits per heavy atom. The van der Waals surface area contributed by atoms with Crippen LogP contribution in [0.15, 0.2) is 50.4 Å². The zero-order valence-electron chi connectivity index (χ0n) is 12.1. The number of hydrogen-bond acceptors (Lipinski definition) is 5. The minimum atomic E-state index is -0.902. The van der Waals surface area contributed by atoms with Gasteiger partial charge < -0.3 is 9.52 Å². The number of carboxylic acids is 1. The predicted octanol–water partition coefficient (Wildman–Crippen LogP) is 4.08. The number of carbonyl (C=O) groups is 2. The molecule has 0 atom stereocenters. The normalized spacial score (nSPS) is 16.2. The van der Waals surface area contributed by atoms with Crippen LogP contribution in [-0.2, 0) is 16.0 Å². The molecule has 122 valence electrons. The number of amides is 1. The van der Waals surface area contributed by atoms with Crippen LogP contribution in [0.1, 0.15) is 11.3 Å². The minimum Gasteiger partial charge on any atom is -0.481 e. The molecule has 2 heterocycles. The zero-order valence-corrected chi connectivity index (χ0v) is 15.3. The third-order valence-electron chi connectivity index (χ3n) is 3.21. The van der Waals surface area contributed by atoms with Crippen molar-refractivity contribution in [2.24, 2.45) is 0 Å². The summed E-state index contributed by atoms with van der Waals surface area (Å²) in [6.45, 7) is 0. The number of rotatable bonds is 4. The number of carboxylic acid groups (broad SMARTS) is 1. The molecule has 1 saturated heterocycles. The molecule has 8 heteroatoms. The molecule has 3 rings (SSSR count). The van der Waals surface area contributed by atoms with Crippen LogP contribution in [-0.4, -0.2) is 21.3 Å². The van der Waals surface area contributed by atoms with Gasteiger partial charge in [0.15, 0.2) is 8.99 Å². The molecule has 5 nitrogen and oxygen atoms in total. The van der Waals surface area contributed by atoms with Gasteiger partial charge in [0.05, 0.1) is 17.0 Å². The lowest BCUT2D eigenvalue weighted by molar-refractivity contribution is -0.136. The Hall–Kier alpha value is -1.90. The number of thiocarbonyl (C=S) groups is 1. The number of halogens is 1. The fourth-order valence-corrected chi connectivity index (χ4v) is 3.76. The van der Waals surface area contributed by atoms with Gasteiger partial charge in [-0.05, 0) is 45.8 Å². The summed E-state index contributed by atoms with van der Waals surface area (Å²) in [7, 11) is 0. The summed E-state index contributed by atoms with van der Waals surface area (Å²) in [6.07, 6.45) is 1.58. The first-order valence-electron chi connectivity index (χ1n) is 6.78. The van der Waals surface area contributed by atoms with Crippen LogP contribution >= 0.6 is 39.9 Å². The van der Waals surface area contributed by atoms with E-state index in [0.717, 1.165) is 0 Å². The molecule has 2 aromatic rings. The van der Waals surface area contributed by atoms with E-state index in [1.54, 1.807) is 42.5 Å². The number of nitrogens with zero attached hydrogens (tertiary/aromatic N) is 1. The highest BCUT2D eigenvalue weighted by molar-refractivity contribution is 9.10. The van der Waals surface area contributed by atoms with E-state index in [-0.39, 0.29) is 12.3 Å². The standard InChI is InChI=1S/C16H10BrNO4S2/c17-13-6-5-11(22-13)8-12-15(21)18(16(23)24-12)10-3-1-9(2-4-10)7-14(19)20/h1-6,8H,7H2,(H,19,20)/b12-8+. The van der Waals surface area contributed by atoms with Crippen molar-refractivity contribution < 1.29 is 19.1 Å². The van der Waals surface area contributed by atoms with Crippen molar-refractivity contribution in [2.75, 3.05) is 4.90 Å². The molecule has 1 fully saturated rings. The number of hydrogen-bond donors (Lipinski definition) is 1. The van der Waals surface area contributed by atoms with Crippen LogP contribution in [0.5, 0.6) is 0 Å². The molecule has 1 amide bonds. The first-order valence-corrected chi connectivity index (χ1v) is 8.80. The summed E-state index contributed by atoms with van der Waals surface area (Å²) < 4.78 is 6.38. The van der Waals surface area contributed by atoms with Crippen LogP contribution in [0.3, 0.4) is 0 Å². The number of carbonyl (C=O) groups excluding carboxylic acids is 1. The van der Waals surface area contributed by atoms with E-state index in [4.69, 9.17) is 21.7 Å². The molecule has 0 spiro atoms. The van der Waals surface area contributed by atoms with Crippen molar-refractivity contribution in [2.45, 2.75) is 6.42 Å². The smallest absolute Gasteiger partial charge is 0.307 e. The van der Waals surface area contributed by atoms with Gasteiger partial charge in [0.2, 0.25) is 0 Å². The van der Waals surface area contributed by atoms with E-state index in [2.05, 4.69) is 15.9 Å². The van der Waals surface area contributed by atoms with E-state index in [1.165, 1.54) is 16.7 Å². The molecule has 24 heavy (non-hydrogen) atoms. The Morgan fingerprint density at radius 2 is 2.00 bits per heavy atom. The van der Waals surface area contributed by atoms with E-state index in [9.17, 15) is 9.59 Å². The maximum absolute atomic E-state index is 12.6. The molecule has 0 radical (unpaired) electrons. The second kappa shape index (κ2) is 6.92. The Morgan fingerprint density at radius 3 is 2.58 bits per heavy atom. The predicted molar refractivity (Wildman–Crippen MR) is 99.8 cm³/mol. The van der Waals surface area contributed by atoms with Crippen LogP contribution < -0.4 is 4.90 Å². The molecule has 0 saturated carbocycles. The molecule has 0 aliphatic carbocycles. The van der Waals surface area contributed by atoms with E-state index >= 15 is 0 Å². The summed E-state index contributed by atoms with van der Waals surface area (Å²) in [5, 5.41) is 8.80. The molecule has 1 aromatic carbocycles. The quantitative estimate of drug-likeness (QED) is 0.590. The summed E-state index contributed by atoms with van der Waals surface area (Å²) in [4.78, 5) is 25.2. The highest BCUT2D eigenvalue weighted by Gasteiger charge is 2.33. The number of aliphatic carboxylic acids is 1. The number of furan rings is 1. The third-order valence-corrected chi connectivity index (χ3v) is 4.94. The van der Waals surface area contributed by atoms with Crippen LogP contribution in [0.2, 0.25) is 0 Å². The van der Waals surface area contributed by atoms with Crippen molar-refractivity contribution >= 4 is 67.9 Å². The zero-order chi connectivity index (χ0) is 17.3.